The van der Waals surface area contributed by atoms with E-state index in [4.69, 9.17) is 25.6 Å². The Morgan fingerprint density at radius 1 is 1.03 bits per heavy atom. The van der Waals surface area contributed by atoms with Crippen LogP contribution in [0.2, 0.25) is 5.02 Å². The summed E-state index contributed by atoms with van der Waals surface area (Å²) in [6, 6.07) is 22.0. The van der Waals surface area contributed by atoms with Crippen LogP contribution < -0.4 is 14.8 Å². The van der Waals surface area contributed by atoms with Crippen LogP contribution >= 0.6 is 11.6 Å². The first-order valence-corrected chi connectivity index (χ1v) is 11.1. The van der Waals surface area contributed by atoms with E-state index in [-0.39, 0.29) is 6.03 Å². The molecule has 168 valence electrons. The Hall–Kier alpha value is -3.71. The molecule has 8 heteroatoms. The molecule has 0 saturated carbocycles. The van der Waals surface area contributed by atoms with Gasteiger partial charge in [-0.1, -0.05) is 35.0 Å². The van der Waals surface area contributed by atoms with E-state index in [2.05, 4.69) is 10.5 Å². The number of carbonyl (C=O) groups is 1. The molecule has 1 N–H and O–H groups in total. The van der Waals surface area contributed by atoms with Crippen molar-refractivity contribution in [3.63, 3.8) is 0 Å². The van der Waals surface area contributed by atoms with E-state index in [9.17, 15) is 4.79 Å². The van der Waals surface area contributed by atoms with Gasteiger partial charge in [0.2, 0.25) is 0 Å². The van der Waals surface area contributed by atoms with Crippen molar-refractivity contribution >= 4 is 34.4 Å². The van der Waals surface area contributed by atoms with Gasteiger partial charge in [0.25, 0.3) is 0 Å². The standard InChI is InChI=1S/C25H22ClN3O4/c26-18-8-10-19(11-9-18)32-21-5-3-4-20(14-21)31-13-12-17-15-29(16-17)25(30)27-24-22-6-1-2-7-23(22)33-28-24/h1-11,14,17H,12-13,15-16H2,(H,27,28,30). The number of anilines is 1. The number of aromatic nitrogens is 1. The zero-order valence-corrected chi connectivity index (χ0v) is 18.5. The molecule has 33 heavy (non-hydrogen) atoms. The van der Waals surface area contributed by atoms with Crippen molar-refractivity contribution < 1.29 is 18.8 Å². The Balaban J connectivity index is 1.06. The number of urea groups is 1. The summed E-state index contributed by atoms with van der Waals surface area (Å²) in [4.78, 5) is 14.2. The largest absolute Gasteiger partial charge is 0.493 e. The fraction of sp³-hybridized carbons (Fsp3) is 0.200. The molecule has 0 spiro atoms. The van der Waals surface area contributed by atoms with E-state index in [0.29, 0.717) is 53.5 Å². The summed E-state index contributed by atoms with van der Waals surface area (Å²) in [5.41, 5.74) is 0.647. The van der Waals surface area contributed by atoms with Gasteiger partial charge in [-0.2, -0.15) is 0 Å². The number of nitrogens with one attached hydrogen (secondary N) is 1. The molecule has 2 amide bonds. The number of nitrogens with zero attached hydrogens (tertiary/aromatic N) is 2. The number of hydrogen-bond donors (Lipinski definition) is 1. The third kappa shape index (κ3) is 5.04. The van der Waals surface area contributed by atoms with Gasteiger partial charge in [-0.05, 0) is 60.9 Å². The lowest BCUT2D eigenvalue weighted by Crippen LogP contribution is -2.52. The molecule has 0 bridgehead atoms. The molecular formula is C25H22ClN3O4. The predicted molar refractivity (Wildman–Crippen MR) is 126 cm³/mol. The number of fused-ring (bicyclic) bond motifs is 1. The lowest BCUT2D eigenvalue weighted by atomic mass is 9.97. The second-order valence-electron chi connectivity index (χ2n) is 7.90. The quantitative estimate of drug-likeness (QED) is 0.352. The summed E-state index contributed by atoms with van der Waals surface area (Å²) in [6.07, 6.45) is 0.860. The third-order valence-electron chi connectivity index (χ3n) is 5.50. The van der Waals surface area contributed by atoms with E-state index >= 15 is 0 Å². The number of para-hydroxylation sites is 1. The van der Waals surface area contributed by atoms with Crippen LogP contribution in [0.4, 0.5) is 10.6 Å². The summed E-state index contributed by atoms with van der Waals surface area (Å²) in [7, 11) is 0. The molecule has 2 heterocycles. The van der Waals surface area contributed by atoms with Crippen molar-refractivity contribution in [3.8, 4) is 17.2 Å². The van der Waals surface area contributed by atoms with Gasteiger partial charge in [0.05, 0.1) is 12.0 Å². The average molecular weight is 464 g/mol. The maximum atomic E-state index is 12.5. The third-order valence-corrected chi connectivity index (χ3v) is 5.75. The Labute approximate surface area is 195 Å². The second-order valence-corrected chi connectivity index (χ2v) is 8.33. The minimum Gasteiger partial charge on any atom is -0.493 e. The van der Waals surface area contributed by atoms with Gasteiger partial charge in [0.15, 0.2) is 11.4 Å². The SMILES string of the molecule is O=C(Nc1noc2ccccc12)N1CC(CCOc2cccc(Oc3ccc(Cl)cc3)c2)C1. The van der Waals surface area contributed by atoms with E-state index in [1.165, 1.54) is 0 Å². The molecule has 7 nitrogen and oxygen atoms in total. The van der Waals surface area contributed by atoms with Gasteiger partial charge in [-0.25, -0.2) is 4.79 Å². The molecule has 1 aromatic heterocycles. The van der Waals surface area contributed by atoms with Gasteiger partial charge >= 0.3 is 6.03 Å². The van der Waals surface area contributed by atoms with Gasteiger partial charge in [-0.3, -0.25) is 5.32 Å². The number of carbonyl (C=O) groups excluding carboxylic acids is 1. The van der Waals surface area contributed by atoms with Crippen LogP contribution in [0, 0.1) is 5.92 Å². The molecule has 1 fully saturated rings. The number of halogens is 1. The topological polar surface area (TPSA) is 76.8 Å². The Kier molecular flexibility index (Phi) is 6.04. The fourth-order valence-electron chi connectivity index (χ4n) is 3.68. The summed E-state index contributed by atoms with van der Waals surface area (Å²) < 4.78 is 17.0. The van der Waals surface area contributed by atoms with Crippen LogP contribution in [-0.4, -0.2) is 35.8 Å². The van der Waals surface area contributed by atoms with Crippen LogP contribution in [-0.2, 0) is 0 Å². The molecule has 0 aliphatic carbocycles. The summed E-state index contributed by atoms with van der Waals surface area (Å²) in [6.45, 7) is 1.94. The van der Waals surface area contributed by atoms with Crippen LogP contribution in [0.5, 0.6) is 17.2 Å². The van der Waals surface area contributed by atoms with Crippen molar-refractivity contribution in [1.29, 1.82) is 0 Å². The molecule has 1 aliphatic heterocycles. The molecule has 5 rings (SSSR count). The second kappa shape index (κ2) is 9.42. The molecule has 0 atom stereocenters. The molecule has 1 aliphatic rings. The van der Waals surface area contributed by atoms with E-state index in [1.807, 2.05) is 60.7 Å². The zero-order chi connectivity index (χ0) is 22.6. The zero-order valence-electron chi connectivity index (χ0n) is 17.7. The smallest absolute Gasteiger partial charge is 0.323 e. The maximum Gasteiger partial charge on any atom is 0.323 e. The highest BCUT2D eigenvalue weighted by molar-refractivity contribution is 6.30. The van der Waals surface area contributed by atoms with Crippen molar-refractivity contribution in [3.05, 3.63) is 77.8 Å². The van der Waals surface area contributed by atoms with Crippen molar-refractivity contribution in [1.82, 2.24) is 10.1 Å². The van der Waals surface area contributed by atoms with Crippen molar-refractivity contribution in [2.75, 3.05) is 25.0 Å². The first kappa shape index (κ1) is 21.2. The Morgan fingerprint density at radius 2 is 1.82 bits per heavy atom. The van der Waals surface area contributed by atoms with E-state index < -0.39 is 0 Å². The summed E-state index contributed by atoms with van der Waals surface area (Å²) >= 11 is 5.91. The highest BCUT2D eigenvalue weighted by Crippen LogP contribution is 2.28. The number of hydrogen-bond acceptors (Lipinski definition) is 5. The molecule has 3 aromatic carbocycles. The highest BCUT2D eigenvalue weighted by Gasteiger charge is 2.31. The lowest BCUT2D eigenvalue weighted by molar-refractivity contribution is 0.113. The first-order chi connectivity index (χ1) is 16.1. The number of benzene rings is 3. The number of rotatable bonds is 7. The van der Waals surface area contributed by atoms with Crippen LogP contribution in [0.25, 0.3) is 11.0 Å². The van der Waals surface area contributed by atoms with Gasteiger partial charge in [0.1, 0.15) is 17.2 Å². The molecule has 1 saturated heterocycles. The molecular weight excluding hydrogens is 442 g/mol. The maximum absolute atomic E-state index is 12.5. The lowest BCUT2D eigenvalue weighted by Gasteiger charge is -2.38. The number of likely N-dealkylation sites (tertiary alicyclic amines) is 1. The fourth-order valence-corrected chi connectivity index (χ4v) is 3.81. The highest BCUT2D eigenvalue weighted by atomic mass is 35.5. The Morgan fingerprint density at radius 3 is 2.67 bits per heavy atom. The number of amides is 2. The minimum atomic E-state index is -0.168. The first-order valence-electron chi connectivity index (χ1n) is 10.7. The van der Waals surface area contributed by atoms with Gasteiger partial charge in [-0.15, -0.1) is 0 Å². The summed E-state index contributed by atoms with van der Waals surface area (Å²) in [5.74, 6) is 3.00. The molecule has 0 unspecified atom stereocenters. The van der Waals surface area contributed by atoms with Crippen LogP contribution in [0.3, 0.4) is 0 Å². The van der Waals surface area contributed by atoms with Gasteiger partial charge < -0.3 is 18.9 Å². The molecule has 0 radical (unpaired) electrons. The van der Waals surface area contributed by atoms with Crippen LogP contribution in [0.15, 0.2) is 77.3 Å². The summed E-state index contributed by atoms with van der Waals surface area (Å²) in [5, 5.41) is 8.23. The molecule has 4 aromatic rings. The van der Waals surface area contributed by atoms with E-state index in [0.717, 1.165) is 17.6 Å². The van der Waals surface area contributed by atoms with Crippen molar-refractivity contribution in [2.45, 2.75) is 6.42 Å². The normalized spacial score (nSPS) is 13.5. The predicted octanol–water partition coefficient (Wildman–Crippen LogP) is 6.21. The average Bonchev–Trinajstić information content (AvgIpc) is 3.20. The van der Waals surface area contributed by atoms with E-state index in [1.54, 1.807) is 17.0 Å². The minimum absolute atomic E-state index is 0.168. The van der Waals surface area contributed by atoms with Gasteiger partial charge in [0, 0.05) is 24.2 Å². The van der Waals surface area contributed by atoms with Crippen molar-refractivity contribution in [2.24, 2.45) is 5.92 Å². The monoisotopic (exact) mass is 463 g/mol. The number of ether oxygens (including phenoxy) is 2. The Bertz CT molecular complexity index is 1250. The van der Waals surface area contributed by atoms with Crippen LogP contribution in [0.1, 0.15) is 6.42 Å².